The van der Waals surface area contributed by atoms with Gasteiger partial charge in [-0.3, -0.25) is 14.6 Å². The summed E-state index contributed by atoms with van der Waals surface area (Å²) in [5.41, 5.74) is 1.70. The van der Waals surface area contributed by atoms with Crippen molar-refractivity contribution in [1.82, 2.24) is 15.3 Å². The number of benzene rings is 1. The fourth-order valence-electron chi connectivity index (χ4n) is 3.72. The van der Waals surface area contributed by atoms with Crippen molar-refractivity contribution in [3.8, 4) is 0 Å². The van der Waals surface area contributed by atoms with Crippen LogP contribution < -0.4 is 15.8 Å². The second kappa shape index (κ2) is 10.1. The number of aromatic amines is 1. The molecule has 1 fully saturated rings. The number of rotatable bonds is 7. The largest absolute Gasteiger partial charge is 0.378 e. The van der Waals surface area contributed by atoms with Crippen molar-refractivity contribution >= 4 is 23.2 Å². The smallest absolute Gasteiger partial charge is 0.255 e. The Morgan fingerprint density at radius 3 is 2.69 bits per heavy atom. The Morgan fingerprint density at radius 1 is 1.28 bits per heavy atom. The third-order valence-electron chi connectivity index (χ3n) is 5.46. The Bertz CT molecular complexity index is 1110. The van der Waals surface area contributed by atoms with Gasteiger partial charge in [-0.15, -0.1) is 11.3 Å². The zero-order valence-corrected chi connectivity index (χ0v) is 18.6. The highest BCUT2D eigenvalue weighted by atomic mass is 32.1. The van der Waals surface area contributed by atoms with E-state index in [4.69, 9.17) is 4.74 Å². The fraction of sp³-hybridized carbons (Fsp3) is 0.348. The quantitative estimate of drug-likeness (QED) is 0.571. The van der Waals surface area contributed by atoms with Crippen molar-refractivity contribution in [1.29, 1.82) is 0 Å². The molecule has 1 aromatic carbocycles. The number of thiophene rings is 1. The molecule has 4 rings (SSSR count). The van der Waals surface area contributed by atoms with Crippen LogP contribution in [0, 0.1) is 12.7 Å². The number of carbonyl (C=O) groups is 1. The predicted octanol–water partition coefficient (Wildman–Crippen LogP) is 2.95. The van der Waals surface area contributed by atoms with Crippen molar-refractivity contribution in [2.24, 2.45) is 0 Å². The number of halogens is 1. The third kappa shape index (κ3) is 5.23. The first kappa shape index (κ1) is 22.2. The molecule has 3 aromatic rings. The molecule has 0 radical (unpaired) electrons. The summed E-state index contributed by atoms with van der Waals surface area (Å²) in [6, 6.07) is 9.57. The molecule has 2 N–H and O–H groups in total. The van der Waals surface area contributed by atoms with Crippen LogP contribution in [0.3, 0.4) is 0 Å². The van der Waals surface area contributed by atoms with E-state index in [1.807, 2.05) is 22.4 Å². The molecular weight excluding hydrogens is 431 g/mol. The minimum atomic E-state index is -0.371. The molecule has 168 valence electrons. The molecule has 1 atom stereocenters. The Labute approximate surface area is 189 Å². The van der Waals surface area contributed by atoms with E-state index in [0.717, 1.165) is 10.4 Å². The summed E-state index contributed by atoms with van der Waals surface area (Å²) in [7, 11) is 0. The number of carbonyl (C=O) groups excluding carboxylic acids is 1. The third-order valence-corrected chi connectivity index (χ3v) is 6.40. The summed E-state index contributed by atoms with van der Waals surface area (Å²) >= 11 is 1.52. The lowest BCUT2D eigenvalue weighted by atomic mass is 10.0. The molecule has 2 aromatic heterocycles. The van der Waals surface area contributed by atoms with E-state index in [-0.39, 0.29) is 36.2 Å². The maximum Gasteiger partial charge on any atom is 0.255 e. The molecule has 0 spiro atoms. The molecule has 0 aliphatic carbocycles. The molecule has 1 aliphatic heterocycles. The minimum Gasteiger partial charge on any atom is -0.378 e. The van der Waals surface area contributed by atoms with Gasteiger partial charge in [0.25, 0.3) is 5.56 Å². The lowest BCUT2D eigenvalue weighted by Crippen LogP contribution is -2.38. The Hall–Kier alpha value is -3.04. The number of nitrogens with zero attached hydrogens (tertiary/aromatic N) is 2. The number of hydrogen-bond acceptors (Lipinski definition) is 6. The molecule has 1 amide bonds. The highest BCUT2D eigenvalue weighted by molar-refractivity contribution is 7.10. The first-order valence-electron chi connectivity index (χ1n) is 10.5. The van der Waals surface area contributed by atoms with Crippen LogP contribution in [0.1, 0.15) is 34.2 Å². The van der Waals surface area contributed by atoms with Gasteiger partial charge >= 0.3 is 0 Å². The van der Waals surface area contributed by atoms with Gasteiger partial charge in [0.1, 0.15) is 5.82 Å². The predicted molar refractivity (Wildman–Crippen MR) is 122 cm³/mol. The zero-order valence-electron chi connectivity index (χ0n) is 17.8. The highest BCUT2D eigenvalue weighted by Gasteiger charge is 2.20. The van der Waals surface area contributed by atoms with Crippen molar-refractivity contribution in [2.45, 2.75) is 25.8 Å². The van der Waals surface area contributed by atoms with Gasteiger partial charge in [0, 0.05) is 35.6 Å². The van der Waals surface area contributed by atoms with Crippen LogP contribution in [0.25, 0.3) is 0 Å². The molecule has 9 heteroatoms. The monoisotopic (exact) mass is 456 g/mol. The van der Waals surface area contributed by atoms with E-state index in [1.165, 1.54) is 23.5 Å². The molecular formula is C23H25FN4O3S. The molecule has 1 aliphatic rings. The van der Waals surface area contributed by atoms with Gasteiger partial charge in [-0.2, -0.15) is 0 Å². The number of hydrogen-bond donors (Lipinski definition) is 2. The maximum absolute atomic E-state index is 13.4. The van der Waals surface area contributed by atoms with Gasteiger partial charge in [0.15, 0.2) is 0 Å². The van der Waals surface area contributed by atoms with Crippen LogP contribution in [-0.4, -0.2) is 42.2 Å². The number of H-pyrrole nitrogens is 1. The Kier molecular flexibility index (Phi) is 6.96. The van der Waals surface area contributed by atoms with Crippen LogP contribution in [-0.2, 0) is 16.0 Å². The molecule has 0 saturated carbocycles. The van der Waals surface area contributed by atoms with Crippen LogP contribution >= 0.6 is 11.3 Å². The minimum absolute atomic E-state index is 0.144. The van der Waals surface area contributed by atoms with E-state index in [0.29, 0.717) is 43.5 Å². The van der Waals surface area contributed by atoms with E-state index in [9.17, 15) is 14.0 Å². The highest BCUT2D eigenvalue weighted by Crippen LogP contribution is 2.26. The van der Waals surface area contributed by atoms with Crippen LogP contribution in [0.4, 0.5) is 10.3 Å². The zero-order chi connectivity index (χ0) is 22.5. The average Bonchev–Trinajstić information content (AvgIpc) is 3.33. The van der Waals surface area contributed by atoms with Gasteiger partial charge in [0.05, 0.1) is 19.3 Å². The van der Waals surface area contributed by atoms with Crippen LogP contribution in [0.5, 0.6) is 0 Å². The van der Waals surface area contributed by atoms with E-state index >= 15 is 0 Å². The Balaban J connectivity index is 1.44. The second-order valence-electron chi connectivity index (χ2n) is 7.62. The number of morpholine rings is 1. The van der Waals surface area contributed by atoms with E-state index < -0.39 is 0 Å². The van der Waals surface area contributed by atoms with Crippen molar-refractivity contribution in [2.75, 3.05) is 31.2 Å². The van der Waals surface area contributed by atoms with Crippen molar-refractivity contribution in [3.05, 3.63) is 79.6 Å². The number of aryl methyl sites for hydroxylation is 1. The SMILES string of the molecule is Cc1nc(N2CCOCC2)[nH]c(=O)c1CCC(=O)NC(c1ccc(F)cc1)c1cccs1. The summed E-state index contributed by atoms with van der Waals surface area (Å²) in [6.45, 7) is 4.35. The number of ether oxygens (including phenoxy) is 1. The first-order chi connectivity index (χ1) is 15.5. The van der Waals surface area contributed by atoms with Crippen LogP contribution in [0.15, 0.2) is 46.6 Å². The van der Waals surface area contributed by atoms with Gasteiger partial charge in [0.2, 0.25) is 11.9 Å². The number of aromatic nitrogens is 2. The second-order valence-corrected chi connectivity index (χ2v) is 8.60. The summed E-state index contributed by atoms with van der Waals surface area (Å²) in [4.78, 5) is 35.8. The van der Waals surface area contributed by atoms with Gasteiger partial charge < -0.3 is 15.0 Å². The van der Waals surface area contributed by atoms with Gasteiger partial charge in [-0.1, -0.05) is 18.2 Å². The summed E-state index contributed by atoms with van der Waals surface area (Å²) < 4.78 is 18.7. The number of amides is 1. The molecule has 32 heavy (non-hydrogen) atoms. The Morgan fingerprint density at radius 2 is 2.03 bits per heavy atom. The number of nitrogens with one attached hydrogen (secondary N) is 2. The first-order valence-corrected chi connectivity index (χ1v) is 11.4. The standard InChI is InChI=1S/C23H25FN4O3S/c1-15-18(22(30)27-23(25-15)28-10-12-31-13-11-28)8-9-20(29)26-21(19-3-2-14-32-19)16-4-6-17(24)7-5-16/h2-7,14,21H,8-13H2,1H3,(H,26,29)(H,25,27,30). The molecule has 7 nitrogen and oxygen atoms in total. The molecule has 0 bridgehead atoms. The fourth-order valence-corrected chi connectivity index (χ4v) is 4.52. The molecule has 1 unspecified atom stereocenters. The maximum atomic E-state index is 13.4. The average molecular weight is 457 g/mol. The van der Waals surface area contributed by atoms with Crippen molar-refractivity contribution in [3.63, 3.8) is 0 Å². The molecule has 3 heterocycles. The molecule has 1 saturated heterocycles. The van der Waals surface area contributed by atoms with Gasteiger partial charge in [-0.25, -0.2) is 9.37 Å². The normalized spacial score (nSPS) is 14.9. The van der Waals surface area contributed by atoms with Crippen molar-refractivity contribution < 1.29 is 13.9 Å². The number of anilines is 1. The summed E-state index contributed by atoms with van der Waals surface area (Å²) in [5.74, 6) is 0.0228. The van der Waals surface area contributed by atoms with E-state index in [2.05, 4.69) is 15.3 Å². The van der Waals surface area contributed by atoms with Crippen LogP contribution in [0.2, 0.25) is 0 Å². The summed E-state index contributed by atoms with van der Waals surface area (Å²) in [6.07, 6.45) is 0.426. The van der Waals surface area contributed by atoms with E-state index in [1.54, 1.807) is 19.1 Å². The lowest BCUT2D eigenvalue weighted by Gasteiger charge is -2.27. The summed E-state index contributed by atoms with van der Waals surface area (Å²) in [5, 5.41) is 4.95. The lowest BCUT2D eigenvalue weighted by molar-refractivity contribution is -0.121. The topological polar surface area (TPSA) is 87.3 Å². The van der Waals surface area contributed by atoms with Gasteiger partial charge in [-0.05, 0) is 42.5 Å².